The summed E-state index contributed by atoms with van der Waals surface area (Å²) in [5.74, 6) is 1.93. The van der Waals surface area contributed by atoms with Crippen LogP contribution in [0.1, 0.15) is 55.7 Å². The summed E-state index contributed by atoms with van der Waals surface area (Å²) in [5.41, 5.74) is 1.95. The Bertz CT molecular complexity index is 1110. The van der Waals surface area contributed by atoms with Crippen LogP contribution in [-0.4, -0.2) is 47.6 Å². The molecule has 2 bridgehead atoms. The molecule has 0 radical (unpaired) electrons. The fourth-order valence-electron chi connectivity index (χ4n) is 7.43. The number of hydrogen-bond acceptors (Lipinski definition) is 5. The normalized spacial score (nSPS) is 30.8. The Morgan fingerprint density at radius 1 is 1.26 bits per heavy atom. The van der Waals surface area contributed by atoms with Gasteiger partial charge in [-0.05, 0) is 50.8 Å². The smallest absolute Gasteiger partial charge is 0.181 e. The highest BCUT2D eigenvalue weighted by Gasteiger charge is 2.73. The molecule has 34 heavy (non-hydrogen) atoms. The van der Waals surface area contributed by atoms with Gasteiger partial charge < -0.3 is 19.5 Å². The Morgan fingerprint density at radius 3 is 2.82 bits per heavy atom. The number of hydrogen-bond donors (Lipinski definition) is 1. The molecule has 4 atom stereocenters. The van der Waals surface area contributed by atoms with Gasteiger partial charge in [0, 0.05) is 36.1 Å². The average Bonchev–Trinajstić information content (AvgIpc) is 3.11. The number of Topliss-reactive ketones (excluding diaryl/α,β-unsaturated/α-hetero) is 1. The second kappa shape index (κ2) is 8.46. The standard InChI is InChI=1S/C28H33NO4.ClH/c1-3-4-14-32-23-16-22(30)26-25-19(23)15-21-20-10-11-24(31)28(33-26,17-18-8-6-5-7-9-18)27(20,25)12-13-29(21)2;/h5-9,16,20-21,30H,3-4,10-15,17H2,1-2H3;1H/t20-,21+,27-,28-;/m0./s1. The first-order valence-electron chi connectivity index (χ1n) is 12.5. The van der Waals surface area contributed by atoms with E-state index in [4.69, 9.17) is 9.47 Å². The monoisotopic (exact) mass is 483 g/mol. The van der Waals surface area contributed by atoms with Gasteiger partial charge in [-0.15, -0.1) is 12.4 Å². The lowest BCUT2D eigenvalue weighted by atomic mass is 9.46. The lowest BCUT2D eigenvalue weighted by Crippen LogP contribution is -2.72. The van der Waals surface area contributed by atoms with E-state index in [9.17, 15) is 9.90 Å². The minimum atomic E-state index is -0.964. The first kappa shape index (κ1) is 23.5. The lowest BCUT2D eigenvalue weighted by molar-refractivity contribution is -0.156. The van der Waals surface area contributed by atoms with Crippen molar-refractivity contribution in [3.05, 3.63) is 53.1 Å². The van der Waals surface area contributed by atoms with Gasteiger partial charge in [0.25, 0.3) is 0 Å². The van der Waals surface area contributed by atoms with E-state index in [1.54, 1.807) is 6.07 Å². The Labute approximate surface area is 207 Å². The Kier molecular flexibility index (Phi) is 5.84. The van der Waals surface area contributed by atoms with E-state index in [2.05, 4.69) is 31.0 Å². The van der Waals surface area contributed by atoms with Crippen molar-refractivity contribution >= 4 is 18.2 Å². The van der Waals surface area contributed by atoms with Gasteiger partial charge in [-0.3, -0.25) is 4.79 Å². The van der Waals surface area contributed by atoms with Crippen molar-refractivity contribution in [3.8, 4) is 17.2 Å². The number of aromatic hydroxyl groups is 1. The number of ether oxygens (including phenoxy) is 2. The molecule has 0 amide bonds. The van der Waals surface area contributed by atoms with E-state index in [-0.39, 0.29) is 23.9 Å². The molecule has 1 saturated carbocycles. The minimum absolute atomic E-state index is 0. The number of benzene rings is 2. The van der Waals surface area contributed by atoms with Crippen LogP contribution in [0, 0.1) is 5.92 Å². The van der Waals surface area contributed by atoms with E-state index in [0.717, 1.165) is 61.1 Å². The van der Waals surface area contributed by atoms with Crippen LogP contribution in [-0.2, 0) is 23.1 Å². The van der Waals surface area contributed by atoms with Crippen LogP contribution < -0.4 is 9.47 Å². The largest absolute Gasteiger partial charge is 0.504 e. The number of halogens is 1. The van der Waals surface area contributed by atoms with Crippen molar-refractivity contribution in [3.63, 3.8) is 0 Å². The molecule has 0 aromatic heterocycles. The number of phenolic OH excluding ortho intramolecular Hbond substituents is 1. The summed E-state index contributed by atoms with van der Waals surface area (Å²) >= 11 is 0. The Hall–Kier alpha value is -2.24. The first-order chi connectivity index (χ1) is 16.0. The lowest BCUT2D eigenvalue weighted by Gasteiger charge is -2.61. The molecule has 6 heteroatoms. The Balaban J connectivity index is 0.00000241. The van der Waals surface area contributed by atoms with Crippen LogP contribution in [0.3, 0.4) is 0 Å². The number of carbonyl (C=O) groups is 1. The quantitative estimate of drug-likeness (QED) is 0.595. The number of likely N-dealkylation sites (tertiary alicyclic amines) is 1. The number of likely N-dealkylation sites (N-methyl/N-ethyl adjacent to an activating group) is 1. The minimum Gasteiger partial charge on any atom is -0.504 e. The van der Waals surface area contributed by atoms with Crippen molar-refractivity contribution < 1.29 is 19.4 Å². The number of phenols is 1. The molecular weight excluding hydrogens is 450 g/mol. The van der Waals surface area contributed by atoms with Crippen LogP contribution in [0.2, 0.25) is 0 Å². The molecule has 2 aliphatic carbocycles. The number of piperidine rings is 1. The van der Waals surface area contributed by atoms with Gasteiger partial charge in [-0.1, -0.05) is 43.7 Å². The highest BCUT2D eigenvalue weighted by molar-refractivity contribution is 5.94. The summed E-state index contributed by atoms with van der Waals surface area (Å²) in [4.78, 5) is 16.4. The van der Waals surface area contributed by atoms with Gasteiger partial charge >= 0.3 is 0 Å². The summed E-state index contributed by atoms with van der Waals surface area (Å²) in [6, 6.07) is 12.3. The summed E-state index contributed by atoms with van der Waals surface area (Å²) in [7, 11) is 2.21. The molecule has 1 saturated heterocycles. The van der Waals surface area contributed by atoms with Gasteiger partial charge in [-0.25, -0.2) is 0 Å². The molecular formula is C28H34ClNO4. The highest BCUT2D eigenvalue weighted by Crippen LogP contribution is 2.68. The van der Waals surface area contributed by atoms with Crippen molar-refractivity contribution in [2.24, 2.45) is 5.92 Å². The van der Waals surface area contributed by atoms with Gasteiger partial charge in [0.05, 0.1) is 12.0 Å². The topological polar surface area (TPSA) is 59.0 Å². The van der Waals surface area contributed by atoms with Crippen LogP contribution >= 0.6 is 12.4 Å². The van der Waals surface area contributed by atoms with Crippen LogP contribution in [0.15, 0.2) is 36.4 Å². The molecule has 2 fully saturated rings. The van der Waals surface area contributed by atoms with E-state index in [0.29, 0.717) is 37.2 Å². The summed E-state index contributed by atoms with van der Waals surface area (Å²) in [6.45, 7) is 3.71. The predicted molar refractivity (Wildman–Crippen MR) is 133 cm³/mol. The number of rotatable bonds is 6. The van der Waals surface area contributed by atoms with Crippen LogP contribution in [0.4, 0.5) is 0 Å². The molecule has 0 unspecified atom stereocenters. The fraction of sp³-hybridized carbons (Fsp3) is 0.536. The summed E-state index contributed by atoms with van der Waals surface area (Å²) in [5, 5.41) is 11.1. The van der Waals surface area contributed by atoms with Gasteiger partial charge in [-0.2, -0.15) is 0 Å². The molecule has 2 aromatic carbocycles. The predicted octanol–water partition coefficient (Wildman–Crippen LogP) is 4.84. The number of ketones is 1. The number of carbonyl (C=O) groups excluding carboxylic acids is 1. The maximum atomic E-state index is 13.9. The third-order valence-electron chi connectivity index (χ3n) is 8.89. The maximum absolute atomic E-state index is 13.9. The van der Waals surface area contributed by atoms with E-state index >= 15 is 0 Å². The molecule has 2 aliphatic heterocycles. The molecule has 2 heterocycles. The molecule has 2 aromatic rings. The maximum Gasteiger partial charge on any atom is 0.181 e. The molecule has 4 aliphatic rings. The fourth-order valence-corrected chi connectivity index (χ4v) is 7.43. The van der Waals surface area contributed by atoms with Crippen molar-refractivity contribution in [1.29, 1.82) is 0 Å². The molecule has 1 N–H and O–H groups in total. The van der Waals surface area contributed by atoms with Crippen LogP contribution in [0.25, 0.3) is 0 Å². The van der Waals surface area contributed by atoms with Crippen molar-refractivity contribution in [2.75, 3.05) is 20.2 Å². The second-order valence-corrected chi connectivity index (χ2v) is 10.4. The summed E-state index contributed by atoms with van der Waals surface area (Å²) in [6.07, 6.45) is 5.73. The van der Waals surface area contributed by atoms with E-state index in [1.807, 2.05) is 18.2 Å². The first-order valence-corrected chi connectivity index (χ1v) is 12.5. The molecule has 5 nitrogen and oxygen atoms in total. The van der Waals surface area contributed by atoms with Crippen LogP contribution in [0.5, 0.6) is 17.2 Å². The second-order valence-electron chi connectivity index (χ2n) is 10.4. The zero-order valence-electron chi connectivity index (χ0n) is 20.0. The molecule has 1 spiro atoms. The number of nitrogens with zero attached hydrogens (tertiary/aromatic N) is 1. The number of unbranched alkanes of at least 4 members (excludes halogenated alkanes) is 1. The SMILES string of the molecule is CCCCOc1cc(O)c2c3c1C[C@@H]1[C@@H]4CCC(=O)[C@](Cc5ccccc5)(O2)[C@]34CCN1C.Cl. The Morgan fingerprint density at radius 2 is 2.06 bits per heavy atom. The third-order valence-corrected chi connectivity index (χ3v) is 8.89. The molecule has 6 rings (SSSR count). The highest BCUT2D eigenvalue weighted by atomic mass is 35.5. The van der Waals surface area contributed by atoms with Crippen molar-refractivity contribution in [2.45, 2.75) is 68.9 Å². The van der Waals surface area contributed by atoms with E-state index < -0.39 is 11.0 Å². The zero-order valence-corrected chi connectivity index (χ0v) is 20.8. The van der Waals surface area contributed by atoms with Gasteiger partial charge in [0.1, 0.15) is 5.75 Å². The average molecular weight is 484 g/mol. The third kappa shape index (κ3) is 2.99. The molecule has 182 valence electrons. The van der Waals surface area contributed by atoms with Gasteiger partial charge in [0.2, 0.25) is 0 Å². The van der Waals surface area contributed by atoms with Gasteiger partial charge in [0.15, 0.2) is 22.9 Å². The van der Waals surface area contributed by atoms with E-state index in [1.165, 1.54) is 0 Å². The summed E-state index contributed by atoms with van der Waals surface area (Å²) < 4.78 is 13.0. The van der Waals surface area contributed by atoms with Crippen molar-refractivity contribution in [1.82, 2.24) is 4.90 Å². The zero-order chi connectivity index (χ0) is 22.8.